The summed E-state index contributed by atoms with van der Waals surface area (Å²) in [5.74, 6) is 0.168. The van der Waals surface area contributed by atoms with E-state index in [1.165, 1.54) is 0 Å². The van der Waals surface area contributed by atoms with Crippen LogP contribution in [0.1, 0.15) is 61.3 Å². The Morgan fingerprint density at radius 1 is 1.07 bits per heavy atom. The Kier molecular flexibility index (Phi) is 10.7. The van der Waals surface area contributed by atoms with Crippen LogP contribution in [0.25, 0.3) is 0 Å². The Labute approximate surface area is 180 Å². The molecule has 0 heterocycles. The first-order chi connectivity index (χ1) is 14.1. The van der Waals surface area contributed by atoms with Crippen LogP contribution in [0.2, 0.25) is 0 Å². The fourth-order valence-electron chi connectivity index (χ4n) is 2.75. The van der Waals surface area contributed by atoms with Crippen LogP contribution in [0, 0.1) is 0 Å². The minimum Gasteiger partial charge on any atom is -0.488 e. The number of rotatable bonds is 11. The molecule has 1 rings (SSSR count). The molecule has 7 nitrogen and oxygen atoms in total. The summed E-state index contributed by atoms with van der Waals surface area (Å²) in [5.41, 5.74) is -0.650. The summed E-state index contributed by atoms with van der Waals surface area (Å²) in [5, 5.41) is 2.50. The van der Waals surface area contributed by atoms with Gasteiger partial charge in [0.2, 0.25) is 0 Å². The van der Waals surface area contributed by atoms with Crippen LogP contribution in [0.15, 0.2) is 30.3 Å². The second-order valence-corrected chi connectivity index (χ2v) is 8.22. The zero-order valence-corrected chi connectivity index (χ0v) is 19.3. The van der Waals surface area contributed by atoms with Crippen molar-refractivity contribution < 1.29 is 28.5 Å². The van der Waals surface area contributed by atoms with Crippen LogP contribution in [0.3, 0.4) is 0 Å². The topological polar surface area (TPSA) is 83.1 Å². The number of benzene rings is 1. The molecule has 170 valence electrons. The quantitative estimate of drug-likeness (QED) is 0.528. The van der Waals surface area contributed by atoms with E-state index in [0.717, 1.165) is 12.2 Å². The van der Waals surface area contributed by atoms with Crippen molar-refractivity contribution >= 4 is 12.1 Å². The van der Waals surface area contributed by atoms with Gasteiger partial charge in [0.25, 0.3) is 0 Å². The molecular formula is C23H37NO6. The molecule has 0 saturated heterocycles. The normalized spacial score (nSPS) is 15.4. The van der Waals surface area contributed by atoms with Crippen molar-refractivity contribution in [1.82, 2.24) is 5.32 Å². The van der Waals surface area contributed by atoms with E-state index in [2.05, 4.69) is 5.32 Å². The molecule has 0 bridgehead atoms. The molecule has 1 amide bonds. The van der Waals surface area contributed by atoms with E-state index in [9.17, 15) is 9.59 Å². The van der Waals surface area contributed by atoms with Gasteiger partial charge in [0.1, 0.15) is 35.7 Å². The highest BCUT2D eigenvalue weighted by Gasteiger charge is 2.32. The van der Waals surface area contributed by atoms with Crippen LogP contribution in [-0.4, -0.2) is 48.6 Å². The van der Waals surface area contributed by atoms with Crippen molar-refractivity contribution in [3.8, 4) is 5.75 Å². The average molecular weight is 424 g/mol. The molecule has 1 aromatic rings. The van der Waals surface area contributed by atoms with Crippen LogP contribution in [0.5, 0.6) is 5.75 Å². The van der Waals surface area contributed by atoms with E-state index < -0.39 is 35.9 Å². The van der Waals surface area contributed by atoms with Gasteiger partial charge in [-0.25, -0.2) is 9.59 Å². The number of hydrogen-bond acceptors (Lipinski definition) is 6. The van der Waals surface area contributed by atoms with Crippen molar-refractivity contribution in [1.29, 1.82) is 0 Å². The van der Waals surface area contributed by atoms with Crippen molar-refractivity contribution in [2.45, 2.75) is 91.3 Å². The van der Waals surface area contributed by atoms with Crippen molar-refractivity contribution in [2.75, 3.05) is 6.61 Å². The molecule has 4 atom stereocenters. The Morgan fingerprint density at radius 2 is 1.70 bits per heavy atom. The largest absolute Gasteiger partial charge is 0.488 e. The van der Waals surface area contributed by atoms with Gasteiger partial charge in [0.15, 0.2) is 0 Å². The van der Waals surface area contributed by atoms with Gasteiger partial charge in [-0.05, 0) is 59.6 Å². The Bertz CT molecular complexity index is 643. The number of amides is 1. The molecule has 0 unspecified atom stereocenters. The first kappa shape index (κ1) is 25.8. The molecule has 30 heavy (non-hydrogen) atoms. The molecule has 0 spiro atoms. The summed E-state index contributed by atoms with van der Waals surface area (Å²) in [4.78, 5) is 24.4. The van der Waals surface area contributed by atoms with Gasteiger partial charge in [-0.1, -0.05) is 32.0 Å². The molecule has 1 N–H and O–H groups in total. The SMILES string of the molecule is CCCO[C@@H]([C@H](C)OC(=O)[C@H](C)NC(=O)OC(C)(C)C)[C@H](CC)Oc1ccccc1. The second-order valence-electron chi connectivity index (χ2n) is 8.22. The maximum atomic E-state index is 12.5. The van der Waals surface area contributed by atoms with E-state index >= 15 is 0 Å². The number of ether oxygens (including phenoxy) is 4. The molecule has 0 aromatic heterocycles. The van der Waals surface area contributed by atoms with Gasteiger partial charge in [0, 0.05) is 6.61 Å². The zero-order chi connectivity index (χ0) is 22.7. The fourth-order valence-corrected chi connectivity index (χ4v) is 2.75. The van der Waals surface area contributed by atoms with Crippen LogP contribution < -0.4 is 10.1 Å². The molecule has 0 saturated carbocycles. The molecule has 0 fully saturated rings. The molecular weight excluding hydrogens is 386 g/mol. The maximum Gasteiger partial charge on any atom is 0.408 e. The van der Waals surface area contributed by atoms with Crippen LogP contribution in [-0.2, 0) is 19.0 Å². The monoisotopic (exact) mass is 423 g/mol. The molecule has 0 radical (unpaired) electrons. The summed E-state index contributed by atoms with van der Waals surface area (Å²) in [6, 6.07) is 8.62. The lowest BCUT2D eigenvalue weighted by Crippen LogP contribution is -2.47. The van der Waals surface area contributed by atoms with E-state index in [4.69, 9.17) is 18.9 Å². The number of carbonyl (C=O) groups excluding carboxylic acids is 2. The van der Waals surface area contributed by atoms with E-state index in [1.807, 2.05) is 44.2 Å². The lowest BCUT2D eigenvalue weighted by molar-refractivity contribution is -0.164. The number of esters is 1. The maximum absolute atomic E-state index is 12.5. The standard InChI is InChI=1S/C23H37NO6/c1-8-15-27-20(19(9-2)29-18-13-11-10-12-14-18)17(4)28-21(25)16(3)24-22(26)30-23(5,6)7/h10-14,16-17,19-20H,8-9,15H2,1-7H3,(H,24,26)/t16-,17-,19-,20-/m0/s1. The van der Waals surface area contributed by atoms with Gasteiger partial charge in [-0.15, -0.1) is 0 Å². The molecule has 7 heteroatoms. The predicted octanol–water partition coefficient (Wildman–Crippen LogP) is 4.48. The third-order valence-electron chi connectivity index (χ3n) is 4.17. The van der Waals surface area contributed by atoms with Crippen molar-refractivity contribution in [2.24, 2.45) is 0 Å². The molecule has 0 aliphatic heterocycles. The molecule has 0 aliphatic carbocycles. The Balaban J connectivity index is 2.77. The number of nitrogens with one attached hydrogen (secondary N) is 1. The van der Waals surface area contributed by atoms with Gasteiger partial charge < -0.3 is 24.3 Å². The Morgan fingerprint density at radius 3 is 2.23 bits per heavy atom. The average Bonchev–Trinajstić information content (AvgIpc) is 2.66. The van der Waals surface area contributed by atoms with E-state index in [0.29, 0.717) is 13.0 Å². The van der Waals surface area contributed by atoms with E-state index in [-0.39, 0.29) is 6.10 Å². The minimum atomic E-state index is -0.857. The van der Waals surface area contributed by atoms with Gasteiger partial charge in [-0.3, -0.25) is 0 Å². The van der Waals surface area contributed by atoms with Gasteiger partial charge >= 0.3 is 12.1 Å². The van der Waals surface area contributed by atoms with Crippen molar-refractivity contribution in [3.63, 3.8) is 0 Å². The first-order valence-electron chi connectivity index (χ1n) is 10.6. The summed E-state index contributed by atoms with van der Waals surface area (Å²) in [6.07, 6.45) is -0.478. The zero-order valence-electron chi connectivity index (χ0n) is 19.3. The lowest BCUT2D eigenvalue weighted by Gasteiger charge is -2.32. The minimum absolute atomic E-state index is 0.295. The van der Waals surface area contributed by atoms with E-state index in [1.54, 1.807) is 34.6 Å². The van der Waals surface area contributed by atoms with Crippen LogP contribution in [0.4, 0.5) is 4.79 Å². The smallest absolute Gasteiger partial charge is 0.408 e. The lowest BCUT2D eigenvalue weighted by atomic mass is 10.1. The van der Waals surface area contributed by atoms with Gasteiger partial charge in [0.05, 0.1) is 0 Å². The fraction of sp³-hybridized carbons (Fsp3) is 0.652. The number of alkyl carbamates (subject to hydrolysis) is 1. The summed E-state index contributed by atoms with van der Waals surface area (Å²) in [6.45, 7) is 13.1. The number of carbonyl (C=O) groups is 2. The molecule has 1 aromatic carbocycles. The third kappa shape index (κ3) is 9.48. The third-order valence-corrected chi connectivity index (χ3v) is 4.17. The number of hydrogen-bond donors (Lipinski definition) is 1. The molecule has 0 aliphatic rings. The summed E-state index contributed by atoms with van der Waals surface area (Å²) >= 11 is 0. The highest BCUT2D eigenvalue weighted by molar-refractivity contribution is 5.81. The van der Waals surface area contributed by atoms with Gasteiger partial charge in [-0.2, -0.15) is 0 Å². The second kappa shape index (κ2) is 12.4. The first-order valence-corrected chi connectivity index (χ1v) is 10.6. The summed E-state index contributed by atoms with van der Waals surface area (Å²) < 4.78 is 22.9. The predicted molar refractivity (Wildman–Crippen MR) is 116 cm³/mol. The summed E-state index contributed by atoms with van der Waals surface area (Å²) in [7, 11) is 0. The highest BCUT2D eigenvalue weighted by Crippen LogP contribution is 2.20. The van der Waals surface area contributed by atoms with Crippen molar-refractivity contribution in [3.05, 3.63) is 30.3 Å². The van der Waals surface area contributed by atoms with Crippen LogP contribution >= 0.6 is 0 Å². The number of para-hydroxylation sites is 1. The Hall–Kier alpha value is -2.28. The highest BCUT2D eigenvalue weighted by atomic mass is 16.6.